The molecular formula is C24H23ClFN3O. The van der Waals surface area contributed by atoms with Crippen LogP contribution in [0.15, 0.2) is 48.8 Å². The van der Waals surface area contributed by atoms with Crippen LogP contribution in [-0.4, -0.2) is 15.9 Å². The average Bonchev–Trinajstić information content (AvgIpc) is 2.74. The molecule has 6 heteroatoms. The third kappa shape index (κ3) is 3.45. The molecule has 1 atom stereocenters. The molecule has 1 amide bonds. The van der Waals surface area contributed by atoms with Crippen molar-refractivity contribution in [3.05, 3.63) is 65.2 Å². The largest absolute Gasteiger partial charge is 0.310 e. The fraction of sp³-hybridized carbons (Fsp3) is 0.375. The number of amides is 1. The van der Waals surface area contributed by atoms with Gasteiger partial charge in [0.05, 0.1) is 10.5 Å². The topological polar surface area (TPSA) is 54.9 Å². The Balaban J connectivity index is 1.29. The van der Waals surface area contributed by atoms with Crippen LogP contribution in [0, 0.1) is 17.2 Å². The van der Waals surface area contributed by atoms with E-state index in [-0.39, 0.29) is 23.1 Å². The normalized spacial score (nSPS) is 25.8. The zero-order valence-electron chi connectivity index (χ0n) is 16.6. The summed E-state index contributed by atoms with van der Waals surface area (Å²) in [7, 11) is 0. The minimum atomic E-state index is -0.226. The SMILES string of the molecule is O=C(Nc1ccc(Cl)cn1)[C@H]1CCC12CCC(c1ccnc3ccc(F)cc13)CC2. The van der Waals surface area contributed by atoms with Crippen molar-refractivity contribution in [1.29, 1.82) is 0 Å². The first kappa shape index (κ1) is 19.4. The van der Waals surface area contributed by atoms with E-state index in [4.69, 9.17) is 11.6 Å². The predicted octanol–water partition coefficient (Wildman–Crippen LogP) is 6.12. The van der Waals surface area contributed by atoms with Crippen LogP contribution >= 0.6 is 11.6 Å². The molecule has 0 radical (unpaired) electrons. The Morgan fingerprint density at radius 1 is 1.07 bits per heavy atom. The maximum Gasteiger partial charge on any atom is 0.229 e. The number of carbonyl (C=O) groups excluding carboxylic acids is 1. The smallest absolute Gasteiger partial charge is 0.229 e. The van der Waals surface area contributed by atoms with Gasteiger partial charge in [0.2, 0.25) is 5.91 Å². The minimum Gasteiger partial charge on any atom is -0.310 e. The summed E-state index contributed by atoms with van der Waals surface area (Å²) in [6.07, 6.45) is 9.44. The maximum atomic E-state index is 13.8. The number of nitrogens with zero attached hydrogens (tertiary/aromatic N) is 2. The van der Waals surface area contributed by atoms with Gasteiger partial charge in [-0.05, 0) is 91.8 Å². The average molecular weight is 424 g/mol. The lowest BCUT2D eigenvalue weighted by atomic mass is 9.52. The molecule has 2 fully saturated rings. The van der Waals surface area contributed by atoms with Gasteiger partial charge in [-0.25, -0.2) is 9.37 Å². The second-order valence-electron chi connectivity index (χ2n) is 8.64. The Morgan fingerprint density at radius 2 is 1.87 bits per heavy atom. The molecule has 3 aromatic rings. The van der Waals surface area contributed by atoms with Gasteiger partial charge < -0.3 is 5.32 Å². The number of nitrogens with one attached hydrogen (secondary N) is 1. The van der Waals surface area contributed by atoms with E-state index in [1.165, 1.54) is 11.6 Å². The molecule has 2 aliphatic carbocycles. The molecule has 2 saturated carbocycles. The van der Waals surface area contributed by atoms with Crippen molar-refractivity contribution in [2.45, 2.75) is 44.4 Å². The van der Waals surface area contributed by atoms with Crippen molar-refractivity contribution in [3.8, 4) is 0 Å². The van der Waals surface area contributed by atoms with E-state index < -0.39 is 0 Å². The van der Waals surface area contributed by atoms with Crippen molar-refractivity contribution in [2.24, 2.45) is 11.3 Å². The molecule has 0 saturated heterocycles. The van der Waals surface area contributed by atoms with Crippen LogP contribution in [0.2, 0.25) is 5.02 Å². The number of anilines is 1. The number of rotatable bonds is 3. The zero-order chi connectivity index (χ0) is 20.7. The summed E-state index contributed by atoms with van der Waals surface area (Å²) in [6, 6.07) is 10.3. The monoisotopic (exact) mass is 423 g/mol. The molecule has 0 aliphatic heterocycles. The Bertz CT molecular complexity index is 1090. The van der Waals surface area contributed by atoms with Gasteiger partial charge in [0.25, 0.3) is 0 Å². The third-order valence-electron chi connectivity index (χ3n) is 7.12. The molecule has 1 spiro atoms. The van der Waals surface area contributed by atoms with E-state index in [0.717, 1.165) is 49.4 Å². The fourth-order valence-electron chi connectivity index (χ4n) is 5.37. The molecule has 5 rings (SSSR count). The van der Waals surface area contributed by atoms with Crippen molar-refractivity contribution in [2.75, 3.05) is 5.32 Å². The molecular weight excluding hydrogens is 401 g/mol. The molecule has 1 N–H and O–H groups in total. The molecule has 0 unspecified atom stereocenters. The van der Waals surface area contributed by atoms with Crippen LogP contribution < -0.4 is 5.32 Å². The lowest BCUT2D eigenvalue weighted by Crippen LogP contribution is -2.48. The zero-order valence-corrected chi connectivity index (χ0v) is 17.3. The fourth-order valence-corrected chi connectivity index (χ4v) is 5.48. The number of hydrogen-bond donors (Lipinski definition) is 1. The highest BCUT2D eigenvalue weighted by Crippen LogP contribution is 2.58. The summed E-state index contributed by atoms with van der Waals surface area (Å²) in [6.45, 7) is 0. The summed E-state index contributed by atoms with van der Waals surface area (Å²) < 4.78 is 13.8. The molecule has 30 heavy (non-hydrogen) atoms. The molecule has 2 aromatic heterocycles. The van der Waals surface area contributed by atoms with Crippen LogP contribution in [-0.2, 0) is 4.79 Å². The summed E-state index contributed by atoms with van der Waals surface area (Å²) in [5, 5.41) is 4.42. The highest BCUT2D eigenvalue weighted by atomic mass is 35.5. The number of benzene rings is 1. The van der Waals surface area contributed by atoms with Crippen LogP contribution in [0.3, 0.4) is 0 Å². The van der Waals surface area contributed by atoms with Crippen molar-refractivity contribution >= 4 is 34.2 Å². The van der Waals surface area contributed by atoms with Crippen molar-refractivity contribution < 1.29 is 9.18 Å². The van der Waals surface area contributed by atoms with Gasteiger partial charge in [-0.15, -0.1) is 0 Å². The molecule has 2 aliphatic rings. The summed E-state index contributed by atoms with van der Waals surface area (Å²) in [5.74, 6) is 0.791. The summed E-state index contributed by atoms with van der Waals surface area (Å²) in [5.41, 5.74) is 2.10. The first-order valence-electron chi connectivity index (χ1n) is 10.5. The maximum absolute atomic E-state index is 13.8. The van der Waals surface area contributed by atoms with Gasteiger partial charge in [0.15, 0.2) is 0 Å². The van der Waals surface area contributed by atoms with Crippen LogP contribution in [0.1, 0.15) is 50.0 Å². The Kier molecular flexibility index (Phi) is 4.94. The van der Waals surface area contributed by atoms with E-state index in [1.54, 1.807) is 30.5 Å². The Morgan fingerprint density at radius 3 is 2.57 bits per heavy atom. The van der Waals surface area contributed by atoms with Gasteiger partial charge in [-0.2, -0.15) is 0 Å². The number of pyridine rings is 2. The van der Waals surface area contributed by atoms with Crippen LogP contribution in [0.5, 0.6) is 0 Å². The van der Waals surface area contributed by atoms with E-state index >= 15 is 0 Å². The highest BCUT2D eigenvalue weighted by molar-refractivity contribution is 6.30. The van der Waals surface area contributed by atoms with E-state index in [2.05, 4.69) is 15.3 Å². The van der Waals surface area contributed by atoms with Crippen LogP contribution in [0.4, 0.5) is 10.2 Å². The summed E-state index contributed by atoms with van der Waals surface area (Å²) >= 11 is 5.88. The quantitative estimate of drug-likeness (QED) is 0.552. The number of halogens is 2. The first-order valence-corrected chi connectivity index (χ1v) is 10.9. The third-order valence-corrected chi connectivity index (χ3v) is 7.35. The number of hydrogen-bond acceptors (Lipinski definition) is 3. The lowest BCUT2D eigenvalue weighted by molar-refractivity contribution is -0.133. The van der Waals surface area contributed by atoms with Gasteiger partial charge in [0.1, 0.15) is 11.6 Å². The number of aromatic nitrogens is 2. The Labute approximate surface area is 179 Å². The molecule has 4 nitrogen and oxygen atoms in total. The predicted molar refractivity (Wildman–Crippen MR) is 116 cm³/mol. The van der Waals surface area contributed by atoms with Crippen LogP contribution in [0.25, 0.3) is 10.9 Å². The second kappa shape index (κ2) is 7.62. The molecule has 2 heterocycles. The van der Waals surface area contributed by atoms with Gasteiger partial charge in [-0.3, -0.25) is 9.78 Å². The molecule has 0 bridgehead atoms. The standard InChI is InChI=1S/C24H23ClFN3O/c25-16-1-4-22(28-14-16)29-23(30)20-7-11-24(20)9-5-15(6-10-24)18-8-12-27-21-3-2-17(26)13-19(18)21/h1-4,8,12-15,20H,5-7,9-11H2,(H,28,29,30)/t15?,20-,24?/m1/s1. The van der Waals surface area contributed by atoms with E-state index in [0.29, 0.717) is 16.8 Å². The molecule has 154 valence electrons. The number of carbonyl (C=O) groups is 1. The van der Waals surface area contributed by atoms with Crippen molar-refractivity contribution in [1.82, 2.24) is 9.97 Å². The Hall–Kier alpha value is -2.53. The van der Waals surface area contributed by atoms with E-state index in [9.17, 15) is 9.18 Å². The van der Waals surface area contributed by atoms with Gasteiger partial charge in [-0.1, -0.05) is 11.6 Å². The first-order chi connectivity index (χ1) is 14.5. The minimum absolute atomic E-state index is 0.0301. The van der Waals surface area contributed by atoms with Crippen molar-refractivity contribution in [3.63, 3.8) is 0 Å². The van der Waals surface area contributed by atoms with Gasteiger partial charge in [0, 0.05) is 23.7 Å². The van der Waals surface area contributed by atoms with E-state index in [1.807, 2.05) is 12.3 Å². The highest BCUT2D eigenvalue weighted by Gasteiger charge is 2.51. The second-order valence-corrected chi connectivity index (χ2v) is 9.08. The summed E-state index contributed by atoms with van der Waals surface area (Å²) in [4.78, 5) is 21.4. The van der Waals surface area contributed by atoms with Gasteiger partial charge >= 0.3 is 0 Å². The molecule has 1 aromatic carbocycles. The number of fused-ring (bicyclic) bond motifs is 1. The lowest BCUT2D eigenvalue weighted by Gasteiger charge is -2.52.